The predicted octanol–water partition coefficient (Wildman–Crippen LogP) is 2.16. The van der Waals surface area contributed by atoms with Gasteiger partial charge in [-0.3, -0.25) is 5.10 Å². The van der Waals surface area contributed by atoms with Crippen molar-refractivity contribution in [1.29, 1.82) is 0 Å². The number of benzene rings is 1. The normalized spacial score (nSPS) is 15.5. The van der Waals surface area contributed by atoms with Crippen molar-refractivity contribution in [3.8, 4) is 0 Å². The fraction of sp³-hybridized carbons (Fsp3) is 0.0909. The molecule has 2 aromatic rings. The zero-order chi connectivity index (χ0) is 10.3. The fourth-order valence-corrected chi connectivity index (χ4v) is 1.79. The Hall–Kier alpha value is -1.94. The topological polar surface area (TPSA) is 46.9 Å². The number of aromatic nitrogens is 2. The Morgan fingerprint density at radius 2 is 2.27 bits per heavy atom. The van der Waals surface area contributed by atoms with Gasteiger partial charge in [-0.1, -0.05) is 12.1 Å². The SMILES string of the molecule is Cc1cccc2[nH]nc([N+]3C=CC=N3)c12. The monoisotopic (exact) mass is 198 g/mol. The Kier molecular flexibility index (Phi) is 1.69. The number of allylic oxidation sites excluding steroid dienone is 1. The van der Waals surface area contributed by atoms with Gasteiger partial charge < -0.3 is 0 Å². The zero-order valence-electron chi connectivity index (χ0n) is 8.31. The van der Waals surface area contributed by atoms with Crippen LogP contribution in [0.2, 0.25) is 0 Å². The molecule has 2 heterocycles. The smallest absolute Gasteiger partial charge is 0.272 e. The van der Waals surface area contributed by atoms with Crippen LogP contribution in [0.5, 0.6) is 0 Å². The number of nitrogens with one attached hydrogen (secondary N) is 1. The first-order chi connectivity index (χ1) is 7.36. The van der Waals surface area contributed by atoms with E-state index in [1.54, 1.807) is 11.2 Å². The molecule has 73 valence electrons. The minimum Gasteiger partial charge on any atom is -0.272 e. The van der Waals surface area contributed by atoms with Gasteiger partial charge in [0.15, 0.2) is 6.20 Å². The lowest BCUT2D eigenvalue weighted by Gasteiger charge is -1.95. The predicted molar refractivity (Wildman–Crippen MR) is 60.3 cm³/mol. The van der Waals surface area contributed by atoms with Crippen molar-refractivity contribution in [3.05, 3.63) is 36.0 Å². The van der Waals surface area contributed by atoms with Crippen LogP contribution in [0.1, 0.15) is 5.56 Å². The van der Waals surface area contributed by atoms with Gasteiger partial charge in [0.05, 0.1) is 22.1 Å². The third-order valence-electron chi connectivity index (χ3n) is 2.50. The fourth-order valence-electron chi connectivity index (χ4n) is 1.79. The van der Waals surface area contributed by atoms with Crippen molar-refractivity contribution in [1.82, 2.24) is 15.2 Å². The second kappa shape index (κ2) is 3.03. The summed E-state index contributed by atoms with van der Waals surface area (Å²) in [6.07, 6.45) is 5.53. The summed E-state index contributed by atoms with van der Waals surface area (Å²) >= 11 is 0. The van der Waals surface area contributed by atoms with Crippen LogP contribution in [0, 0.1) is 6.92 Å². The number of nitrogens with zero attached hydrogens (tertiary/aromatic N) is 3. The minimum absolute atomic E-state index is 0.855. The van der Waals surface area contributed by atoms with E-state index < -0.39 is 0 Å². The second-order valence-corrected chi connectivity index (χ2v) is 3.50. The summed E-state index contributed by atoms with van der Waals surface area (Å²) in [6.45, 7) is 2.07. The largest absolute Gasteiger partial charge is 0.338 e. The molecule has 0 unspecified atom stereocenters. The van der Waals surface area contributed by atoms with E-state index in [0.717, 1.165) is 16.7 Å². The first-order valence-electron chi connectivity index (χ1n) is 4.80. The van der Waals surface area contributed by atoms with Crippen LogP contribution in [-0.4, -0.2) is 16.4 Å². The van der Waals surface area contributed by atoms with Gasteiger partial charge in [0, 0.05) is 6.08 Å². The van der Waals surface area contributed by atoms with E-state index in [1.165, 1.54) is 5.56 Å². The molecular weight excluding hydrogens is 188 g/mol. The average molecular weight is 198 g/mol. The molecule has 0 bridgehead atoms. The van der Waals surface area contributed by atoms with Crippen molar-refractivity contribution in [2.45, 2.75) is 6.92 Å². The van der Waals surface area contributed by atoms with Gasteiger partial charge in [-0.25, -0.2) is 0 Å². The van der Waals surface area contributed by atoms with Crippen LogP contribution >= 0.6 is 0 Å². The molecule has 0 atom stereocenters. The molecule has 0 saturated carbocycles. The summed E-state index contributed by atoms with van der Waals surface area (Å²) in [5.74, 6) is 0.855. The van der Waals surface area contributed by atoms with Crippen LogP contribution in [-0.2, 0) is 0 Å². The molecule has 0 spiro atoms. The Morgan fingerprint density at radius 1 is 1.33 bits per heavy atom. The standard InChI is InChI=1S/C11H10N4/c1-8-4-2-5-9-10(8)11(14-13-9)15-7-3-6-12-15/h2-7H,1H3,(H,13,14)/q+1. The number of fused-ring (bicyclic) bond motifs is 1. The molecule has 0 amide bonds. The van der Waals surface area contributed by atoms with Gasteiger partial charge >= 0.3 is 5.82 Å². The zero-order valence-corrected chi connectivity index (χ0v) is 8.31. The molecule has 4 nitrogen and oxygen atoms in total. The molecule has 1 aromatic carbocycles. The highest BCUT2D eigenvalue weighted by atomic mass is 15.5. The minimum atomic E-state index is 0.855. The highest BCUT2D eigenvalue weighted by Gasteiger charge is 2.25. The van der Waals surface area contributed by atoms with Crippen LogP contribution in [0.4, 0.5) is 5.82 Å². The summed E-state index contributed by atoms with van der Waals surface area (Å²) in [7, 11) is 0. The van der Waals surface area contributed by atoms with E-state index >= 15 is 0 Å². The van der Waals surface area contributed by atoms with E-state index in [4.69, 9.17) is 0 Å². The summed E-state index contributed by atoms with van der Waals surface area (Å²) < 4.78 is 0. The Morgan fingerprint density at radius 3 is 3.07 bits per heavy atom. The third kappa shape index (κ3) is 1.19. The quantitative estimate of drug-likeness (QED) is 0.701. The van der Waals surface area contributed by atoms with Crippen LogP contribution in [0.25, 0.3) is 10.9 Å². The highest BCUT2D eigenvalue weighted by Crippen LogP contribution is 2.27. The average Bonchev–Trinajstić information content (AvgIpc) is 2.85. The van der Waals surface area contributed by atoms with E-state index in [9.17, 15) is 0 Å². The number of hydrogen-bond donors (Lipinski definition) is 1. The Labute approximate surface area is 86.9 Å². The van der Waals surface area contributed by atoms with Gasteiger partial charge in [0.2, 0.25) is 0 Å². The lowest BCUT2D eigenvalue weighted by Crippen LogP contribution is -2.06. The van der Waals surface area contributed by atoms with Gasteiger partial charge in [-0.15, -0.1) is 5.10 Å². The van der Waals surface area contributed by atoms with Gasteiger partial charge in [0.1, 0.15) is 0 Å². The van der Waals surface area contributed by atoms with Crippen LogP contribution < -0.4 is 5.01 Å². The number of H-pyrrole nitrogens is 1. The molecule has 1 aliphatic rings. The van der Waals surface area contributed by atoms with E-state index in [-0.39, 0.29) is 0 Å². The van der Waals surface area contributed by atoms with E-state index in [0.29, 0.717) is 0 Å². The Balaban J connectivity index is 2.27. The number of aryl methyl sites for hydroxylation is 1. The summed E-state index contributed by atoms with van der Waals surface area (Å²) in [4.78, 5) is 0. The highest BCUT2D eigenvalue weighted by molar-refractivity contribution is 5.92. The maximum Gasteiger partial charge on any atom is 0.338 e. The Bertz CT molecular complexity index is 553. The molecular formula is C11H10N4+. The molecule has 4 heteroatoms. The van der Waals surface area contributed by atoms with Gasteiger partial charge in [0.25, 0.3) is 0 Å². The number of hydrogen-bond acceptors (Lipinski definition) is 3. The number of rotatable bonds is 1. The molecule has 1 radical (unpaired) electrons. The van der Waals surface area contributed by atoms with Crippen molar-refractivity contribution in [3.63, 3.8) is 0 Å². The molecule has 1 aliphatic heterocycles. The van der Waals surface area contributed by atoms with Crippen molar-refractivity contribution in [2.24, 2.45) is 5.10 Å². The van der Waals surface area contributed by atoms with Gasteiger partial charge in [-0.2, -0.15) is 0 Å². The van der Waals surface area contributed by atoms with Crippen molar-refractivity contribution in [2.75, 3.05) is 0 Å². The second-order valence-electron chi connectivity index (χ2n) is 3.50. The number of hydrazone groups is 1. The maximum atomic E-state index is 4.27. The summed E-state index contributed by atoms with van der Waals surface area (Å²) in [5, 5.41) is 14.4. The molecule has 0 aliphatic carbocycles. The van der Waals surface area contributed by atoms with Crippen LogP contribution in [0.15, 0.2) is 35.6 Å². The molecule has 15 heavy (non-hydrogen) atoms. The molecule has 0 saturated heterocycles. The van der Waals surface area contributed by atoms with E-state index in [2.05, 4.69) is 28.3 Å². The van der Waals surface area contributed by atoms with Gasteiger partial charge in [-0.05, 0) is 23.7 Å². The van der Waals surface area contributed by atoms with Crippen molar-refractivity contribution >= 4 is 22.9 Å². The van der Waals surface area contributed by atoms with Crippen LogP contribution in [0.3, 0.4) is 0 Å². The molecule has 3 rings (SSSR count). The molecule has 0 fully saturated rings. The molecule has 1 N–H and O–H groups in total. The van der Waals surface area contributed by atoms with Crippen molar-refractivity contribution < 1.29 is 0 Å². The first kappa shape index (κ1) is 8.38. The summed E-state index contributed by atoms with van der Waals surface area (Å²) in [5.41, 5.74) is 2.24. The molecule has 1 aromatic heterocycles. The lowest BCUT2D eigenvalue weighted by atomic mass is 10.1. The number of anilines is 1. The first-order valence-corrected chi connectivity index (χ1v) is 4.80. The number of aromatic amines is 1. The summed E-state index contributed by atoms with van der Waals surface area (Å²) in [6, 6.07) is 6.11. The van der Waals surface area contributed by atoms with E-state index in [1.807, 2.05) is 24.4 Å². The maximum absolute atomic E-state index is 4.27. The lowest BCUT2D eigenvalue weighted by molar-refractivity contribution is 0.730. The third-order valence-corrected chi connectivity index (χ3v) is 2.50.